The van der Waals surface area contributed by atoms with Gasteiger partial charge in [-0.1, -0.05) is 40.2 Å². The van der Waals surface area contributed by atoms with E-state index in [0.717, 1.165) is 42.8 Å². The molecule has 1 saturated heterocycles. The highest BCUT2D eigenvalue weighted by molar-refractivity contribution is 9.09. The summed E-state index contributed by atoms with van der Waals surface area (Å²) < 4.78 is 5.32. The van der Waals surface area contributed by atoms with E-state index in [4.69, 9.17) is 4.74 Å². The second-order valence-electron chi connectivity index (χ2n) is 9.70. The lowest BCUT2D eigenvalue weighted by Crippen LogP contribution is -2.38. The van der Waals surface area contributed by atoms with Gasteiger partial charge in [-0.2, -0.15) is 0 Å². The summed E-state index contributed by atoms with van der Waals surface area (Å²) in [4.78, 5) is 28.6. The first kappa shape index (κ1) is 24.1. The number of fused-ring (bicyclic) bond motifs is 1. The molecule has 0 radical (unpaired) electrons. The van der Waals surface area contributed by atoms with Crippen molar-refractivity contribution in [3.8, 4) is 0 Å². The predicted octanol–water partition coefficient (Wildman–Crippen LogP) is 6.27. The number of nitrogens with one attached hydrogen (secondary N) is 1. The lowest BCUT2D eigenvalue weighted by Gasteiger charge is -2.32. The molecule has 7 heteroatoms. The number of carbonyl (C=O) groups excluding carboxylic acids is 2. The van der Waals surface area contributed by atoms with E-state index in [9.17, 15) is 9.59 Å². The Labute approximate surface area is 208 Å². The molecule has 1 atom stereocenters. The van der Waals surface area contributed by atoms with Crippen molar-refractivity contribution in [3.63, 3.8) is 0 Å². The molecule has 4 rings (SSSR count). The fraction of sp³-hybridized carbons (Fsp3) is 0.462. The number of nitrogens with zero attached hydrogens (tertiary/aromatic N) is 1. The second kappa shape index (κ2) is 10.1. The monoisotopic (exact) mass is 530 g/mol. The third-order valence-electron chi connectivity index (χ3n) is 6.02. The first-order valence-corrected chi connectivity index (χ1v) is 13.4. The van der Waals surface area contributed by atoms with Gasteiger partial charge in [-0.25, -0.2) is 4.79 Å². The van der Waals surface area contributed by atoms with Crippen molar-refractivity contribution < 1.29 is 14.3 Å². The van der Waals surface area contributed by atoms with Crippen LogP contribution in [0.2, 0.25) is 0 Å². The highest BCUT2D eigenvalue weighted by Gasteiger charge is 2.27. The van der Waals surface area contributed by atoms with Crippen LogP contribution in [0, 0.1) is 0 Å². The summed E-state index contributed by atoms with van der Waals surface area (Å²) in [7, 11) is 0. The van der Waals surface area contributed by atoms with Crippen LogP contribution in [0.15, 0.2) is 47.4 Å². The average Bonchev–Trinajstić information content (AvgIpc) is 3.16. The number of benzene rings is 2. The molecular formula is C26H31BrN2O3S. The van der Waals surface area contributed by atoms with Gasteiger partial charge in [0.2, 0.25) is 0 Å². The molecule has 1 N–H and O–H groups in total. The van der Waals surface area contributed by atoms with Crippen LogP contribution in [0.3, 0.4) is 0 Å². The van der Waals surface area contributed by atoms with Crippen LogP contribution in [0.25, 0.3) is 0 Å². The summed E-state index contributed by atoms with van der Waals surface area (Å²) in [5.41, 5.74) is 3.83. The molecule has 2 aliphatic heterocycles. The van der Waals surface area contributed by atoms with E-state index in [0.29, 0.717) is 17.3 Å². The van der Waals surface area contributed by atoms with Crippen molar-refractivity contribution in [2.75, 3.05) is 18.8 Å². The zero-order valence-corrected chi connectivity index (χ0v) is 21.8. The molecule has 1 fully saturated rings. The average molecular weight is 532 g/mol. The van der Waals surface area contributed by atoms with Crippen LogP contribution in [0.5, 0.6) is 0 Å². The van der Waals surface area contributed by atoms with Crippen LogP contribution in [0.1, 0.15) is 71.4 Å². The molecular weight excluding hydrogens is 500 g/mol. The van der Waals surface area contributed by atoms with E-state index in [1.54, 1.807) is 0 Å². The molecule has 2 aromatic carbocycles. The van der Waals surface area contributed by atoms with Gasteiger partial charge >= 0.3 is 6.09 Å². The number of rotatable bonds is 4. The summed E-state index contributed by atoms with van der Waals surface area (Å²) in [5.74, 6) is 1.56. The third kappa shape index (κ3) is 6.12. The minimum Gasteiger partial charge on any atom is -0.444 e. The number of hydrogen-bond donors (Lipinski definition) is 1. The van der Waals surface area contributed by atoms with E-state index < -0.39 is 11.7 Å². The van der Waals surface area contributed by atoms with Crippen molar-refractivity contribution in [3.05, 3.63) is 64.7 Å². The molecule has 176 valence electrons. The number of alkyl halides is 1. The number of thioether (sulfide) groups is 1. The zero-order valence-electron chi connectivity index (χ0n) is 19.4. The summed E-state index contributed by atoms with van der Waals surface area (Å²) in [6, 6.07) is 14.5. The number of amides is 2. The fourth-order valence-electron chi connectivity index (χ4n) is 4.35. The normalized spacial score (nSPS) is 18.7. The highest BCUT2D eigenvalue weighted by Crippen LogP contribution is 2.43. The Morgan fingerprint density at radius 3 is 2.64 bits per heavy atom. The molecule has 1 unspecified atom stereocenters. The van der Waals surface area contributed by atoms with Crippen LogP contribution in [0.4, 0.5) is 4.79 Å². The number of halogens is 1. The fourth-order valence-corrected chi connectivity index (χ4v) is 6.32. The standard InChI is InChI=1S/C26H31BrN2O3S/c1-26(2,3)32-25(31)28-15-17-5-4-6-19(13-17)18-9-11-29(12-10-18)24(30)20-7-8-23-21(14-20)22(27)16-33-23/h4-8,13-14,18,22H,9-12,15-16H2,1-3H3,(H,28,31). The van der Waals surface area contributed by atoms with Crippen molar-refractivity contribution in [1.29, 1.82) is 0 Å². The number of hydrogen-bond acceptors (Lipinski definition) is 4. The Hall–Kier alpha value is -1.99. The summed E-state index contributed by atoms with van der Waals surface area (Å²) >= 11 is 5.55. The van der Waals surface area contributed by atoms with Gasteiger partial charge in [-0.3, -0.25) is 4.79 Å². The van der Waals surface area contributed by atoms with Gasteiger partial charge in [-0.15, -0.1) is 11.8 Å². The molecule has 0 bridgehead atoms. The van der Waals surface area contributed by atoms with Crippen LogP contribution < -0.4 is 5.32 Å². The van der Waals surface area contributed by atoms with Gasteiger partial charge < -0.3 is 15.0 Å². The van der Waals surface area contributed by atoms with Crippen molar-refractivity contribution in [2.24, 2.45) is 0 Å². The van der Waals surface area contributed by atoms with Gasteiger partial charge in [0, 0.05) is 35.8 Å². The summed E-state index contributed by atoms with van der Waals surface area (Å²) in [6.07, 6.45) is 1.48. The quantitative estimate of drug-likeness (QED) is 0.473. The predicted molar refractivity (Wildman–Crippen MR) is 136 cm³/mol. The van der Waals surface area contributed by atoms with Crippen LogP contribution in [-0.4, -0.2) is 41.3 Å². The van der Waals surface area contributed by atoms with E-state index in [2.05, 4.69) is 45.5 Å². The molecule has 33 heavy (non-hydrogen) atoms. The Morgan fingerprint density at radius 2 is 1.91 bits per heavy atom. The SMILES string of the molecule is CC(C)(C)OC(=O)NCc1cccc(C2CCN(C(=O)c3ccc4c(c3)C(Br)CS4)CC2)c1. The van der Waals surface area contributed by atoms with Crippen LogP contribution in [-0.2, 0) is 11.3 Å². The molecule has 0 spiro atoms. The molecule has 2 amide bonds. The zero-order chi connectivity index (χ0) is 23.6. The van der Waals surface area contributed by atoms with Gasteiger partial charge in [0.15, 0.2) is 0 Å². The van der Waals surface area contributed by atoms with Gasteiger partial charge in [-0.05, 0) is 74.4 Å². The maximum absolute atomic E-state index is 13.1. The largest absolute Gasteiger partial charge is 0.444 e. The highest BCUT2D eigenvalue weighted by atomic mass is 79.9. The van der Waals surface area contributed by atoms with Crippen molar-refractivity contribution in [1.82, 2.24) is 10.2 Å². The lowest BCUT2D eigenvalue weighted by molar-refractivity contribution is 0.0523. The first-order chi connectivity index (χ1) is 15.7. The molecule has 0 saturated carbocycles. The maximum Gasteiger partial charge on any atom is 0.407 e. The van der Waals surface area contributed by atoms with Gasteiger partial charge in [0.25, 0.3) is 5.91 Å². The first-order valence-electron chi connectivity index (χ1n) is 11.5. The van der Waals surface area contributed by atoms with Gasteiger partial charge in [0.05, 0.1) is 4.83 Å². The van der Waals surface area contributed by atoms with Crippen molar-refractivity contribution >= 4 is 39.7 Å². The lowest BCUT2D eigenvalue weighted by atomic mass is 9.88. The minimum atomic E-state index is -0.508. The smallest absolute Gasteiger partial charge is 0.407 e. The minimum absolute atomic E-state index is 0.128. The topological polar surface area (TPSA) is 58.6 Å². The molecule has 2 aliphatic rings. The Morgan fingerprint density at radius 1 is 1.15 bits per heavy atom. The number of ether oxygens (including phenoxy) is 1. The summed E-state index contributed by atoms with van der Waals surface area (Å²) in [6.45, 7) is 7.51. The van der Waals surface area contributed by atoms with E-state index >= 15 is 0 Å². The second-order valence-corrected chi connectivity index (χ2v) is 11.9. The Bertz CT molecular complexity index is 1030. The number of likely N-dealkylation sites (tertiary alicyclic amines) is 1. The molecule has 2 aromatic rings. The van der Waals surface area contributed by atoms with E-state index in [1.165, 1.54) is 16.0 Å². The molecule has 0 aromatic heterocycles. The Kier molecular flexibility index (Phi) is 7.39. The Balaban J connectivity index is 1.33. The summed E-state index contributed by atoms with van der Waals surface area (Å²) in [5, 5.41) is 2.83. The van der Waals surface area contributed by atoms with E-state index in [1.807, 2.05) is 55.6 Å². The van der Waals surface area contributed by atoms with E-state index in [-0.39, 0.29) is 5.91 Å². The van der Waals surface area contributed by atoms with Crippen LogP contribution >= 0.6 is 27.7 Å². The molecule has 2 heterocycles. The number of carbonyl (C=O) groups is 2. The van der Waals surface area contributed by atoms with Crippen molar-refractivity contribution in [2.45, 2.75) is 61.4 Å². The number of alkyl carbamates (subject to hydrolysis) is 1. The van der Waals surface area contributed by atoms with Gasteiger partial charge in [0.1, 0.15) is 5.60 Å². The maximum atomic E-state index is 13.1. The third-order valence-corrected chi connectivity index (χ3v) is 8.45. The molecule has 5 nitrogen and oxygen atoms in total. The molecule has 0 aliphatic carbocycles. The number of piperidine rings is 1.